The lowest BCUT2D eigenvalue weighted by Crippen LogP contribution is -2.27. The molecule has 2 N–H and O–H groups in total. The lowest BCUT2D eigenvalue weighted by Gasteiger charge is -2.09. The van der Waals surface area contributed by atoms with Crippen molar-refractivity contribution in [3.05, 3.63) is 26.6 Å². The largest absolute Gasteiger partial charge is 0.469 e. The molecule has 1 aliphatic carbocycles. The zero-order valence-electron chi connectivity index (χ0n) is 14.1. The standard InChI is InChI=1S/C17H21N3O4S/c1-24-14(22)8-9-18-13(21)7-6-12-19-16(23)15-10-4-2-3-5-11(10)25-17(15)20-12/h2-9H2,1H3,(H,18,21)(H,19,20,23). The zero-order valence-corrected chi connectivity index (χ0v) is 15.0. The van der Waals surface area contributed by atoms with Crippen LogP contribution in [-0.4, -0.2) is 35.5 Å². The lowest BCUT2D eigenvalue weighted by atomic mass is 9.97. The van der Waals surface area contributed by atoms with Gasteiger partial charge < -0.3 is 15.0 Å². The van der Waals surface area contributed by atoms with E-state index in [-0.39, 0.29) is 36.8 Å². The zero-order chi connectivity index (χ0) is 17.8. The first-order valence-corrected chi connectivity index (χ1v) is 9.27. The van der Waals surface area contributed by atoms with Crippen molar-refractivity contribution < 1.29 is 14.3 Å². The first kappa shape index (κ1) is 17.6. The number of fused-ring (bicyclic) bond motifs is 3. The van der Waals surface area contributed by atoms with Gasteiger partial charge in [0.1, 0.15) is 10.7 Å². The second-order valence-corrected chi connectivity index (χ2v) is 7.16. The van der Waals surface area contributed by atoms with Gasteiger partial charge in [0.2, 0.25) is 5.91 Å². The molecular weight excluding hydrogens is 342 g/mol. The van der Waals surface area contributed by atoms with Crippen molar-refractivity contribution in [3.8, 4) is 0 Å². The highest BCUT2D eigenvalue weighted by atomic mass is 32.1. The van der Waals surface area contributed by atoms with E-state index < -0.39 is 0 Å². The molecule has 2 heterocycles. The SMILES string of the molecule is COC(=O)CCNC(=O)CCc1nc2sc3c(c2c(=O)[nH]1)CCCC3. The van der Waals surface area contributed by atoms with Crippen LogP contribution in [0.15, 0.2) is 4.79 Å². The van der Waals surface area contributed by atoms with Crippen LogP contribution in [0.5, 0.6) is 0 Å². The number of ether oxygens (including phenoxy) is 1. The van der Waals surface area contributed by atoms with Gasteiger partial charge in [-0.15, -0.1) is 11.3 Å². The van der Waals surface area contributed by atoms with Gasteiger partial charge in [0.05, 0.1) is 18.9 Å². The van der Waals surface area contributed by atoms with E-state index in [2.05, 4.69) is 20.0 Å². The third kappa shape index (κ3) is 4.07. The highest BCUT2D eigenvalue weighted by Crippen LogP contribution is 2.33. The maximum atomic E-state index is 12.4. The van der Waals surface area contributed by atoms with E-state index >= 15 is 0 Å². The molecule has 1 amide bonds. The molecule has 134 valence electrons. The molecule has 0 saturated carbocycles. The summed E-state index contributed by atoms with van der Waals surface area (Å²) in [5.74, 6) is -0.0188. The Bertz CT molecular complexity index is 855. The summed E-state index contributed by atoms with van der Waals surface area (Å²) in [5, 5.41) is 3.38. The number of H-pyrrole nitrogens is 1. The van der Waals surface area contributed by atoms with Gasteiger partial charge >= 0.3 is 5.97 Å². The molecule has 8 heteroatoms. The molecule has 0 aromatic carbocycles. The molecule has 0 atom stereocenters. The van der Waals surface area contributed by atoms with E-state index in [9.17, 15) is 14.4 Å². The van der Waals surface area contributed by atoms with E-state index in [1.54, 1.807) is 11.3 Å². The summed E-state index contributed by atoms with van der Waals surface area (Å²) in [7, 11) is 1.31. The van der Waals surface area contributed by atoms with Crippen LogP contribution in [0, 0.1) is 0 Å². The summed E-state index contributed by atoms with van der Waals surface area (Å²) in [6.07, 6.45) is 4.96. The smallest absolute Gasteiger partial charge is 0.307 e. The minimum Gasteiger partial charge on any atom is -0.469 e. The maximum absolute atomic E-state index is 12.4. The van der Waals surface area contributed by atoms with Gasteiger partial charge in [-0.25, -0.2) is 4.98 Å². The number of thiophene rings is 1. The Kier molecular flexibility index (Phi) is 5.47. The molecule has 0 aliphatic heterocycles. The number of aryl methyl sites for hydroxylation is 3. The third-order valence-corrected chi connectivity index (χ3v) is 5.53. The highest BCUT2D eigenvalue weighted by Gasteiger charge is 2.19. The highest BCUT2D eigenvalue weighted by molar-refractivity contribution is 7.18. The summed E-state index contributed by atoms with van der Waals surface area (Å²) >= 11 is 1.60. The number of methoxy groups -OCH3 is 1. The Labute approximate surface area is 148 Å². The predicted octanol–water partition coefficient (Wildman–Crippen LogP) is 1.48. The van der Waals surface area contributed by atoms with Crippen LogP contribution < -0.4 is 10.9 Å². The fraction of sp³-hybridized carbons (Fsp3) is 0.529. The molecule has 2 aromatic heterocycles. The number of nitrogens with one attached hydrogen (secondary N) is 2. The molecule has 0 radical (unpaired) electrons. The fourth-order valence-electron chi connectivity index (χ4n) is 3.05. The van der Waals surface area contributed by atoms with E-state index in [4.69, 9.17) is 0 Å². The fourth-order valence-corrected chi connectivity index (χ4v) is 4.33. The summed E-state index contributed by atoms with van der Waals surface area (Å²) < 4.78 is 4.51. The third-order valence-electron chi connectivity index (χ3n) is 4.34. The van der Waals surface area contributed by atoms with Crippen LogP contribution in [-0.2, 0) is 33.6 Å². The lowest BCUT2D eigenvalue weighted by molar-refractivity contribution is -0.140. The first-order chi connectivity index (χ1) is 12.1. The van der Waals surface area contributed by atoms with Crippen LogP contribution in [0.25, 0.3) is 10.2 Å². The molecule has 1 aliphatic rings. The van der Waals surface area contributed by atoms with Crippen molar-refractivity contribution in [3.63, 3.8) is 0 Å². The summed E-state index contributed by atoms with van der Waals surface area (Å²) in [6.45, 7) is 0.242. The van der Waals surface area contributed by atoms with Crippen molar-refractivity contribution in [1.82, 2.24) is 15.3 Å². The number of aromatic amines is 1. The molecule has 0 fully saturated rings. The quantitative estimate of drug-likeness (QED) is 0.757. The normalized spacial score (nSPS) is 13.5. The van der Waals surface area contributed by atoms with Crippen molar-refractivity contribution in [2.45, 2.75) is 44.9 Å². The van der Waals surface area contributed by atoms with Crippen molar-refractivity contribution in [1.29, 1.82) is 0 Å². The molecule has 0 saturated heterocycles. The first-order valence-electron chi connectivity index (χ1n) is 8.45. The monoisotopic (exact) mass is 363 g/mol. The second-order valence-electron chi connectivity index (χ2n) is 6.08. The number of hydrogen-bond donors (Lipinski definition) is 2. The number of rotatable bonds is 6. The Hall–Kier alpha value is -2.22. The number of esters is 1. The van der Waals surface area contributed by atoms with Crippen LogP contribution >= 0.6 is 11.3 Å². The maximum Gasteiger partial charge on any atom is 0.307 e. The van der Waals surface area contributed by atoms with E-state index in [0.29, 0.717) is 12.2 Å². The Balaban J connectivity index is 1.63. The summed E-state index contributed by atoms with van der Waals surface area (Å²) in [5.41, 5.74) is 1.05. The molecule has 0 spiro atoms. The number of carbonyl (C=O) groups excluding carboxylic acids is 2. The molecule has 25 heavy (non-hydrogen) atoms. The number of carbonyl (C=O) groups is 2. The Morgan fingerprint density at radius 1 is 1.28 bits per heavy atom. The van der Waals surface area contributed by atoms with Crippen molar-refractivity contribution in [2.24, 2.45) is 0 Å². The van der Waals surface area contributed by atoms with E-state index in [0.717, 1.165) is 41.5 Å². The topological polar surface area (TPSA) is 101 Å². The number of amides is 1. The van der Waals surface area contributed by atoms with Crippen LogP contribution in [0.4, 0.5) is 0 Å². The van der Waals surface area contributed by atoms with Crippen molar-refractivity contribution in [2.75, 3.05) is 13.7 Å². The number of hydrogen-bond acceptors (Lipinski definition) is 6. The van der Waals surface area contributed by atoms with Gasteiger partial charge in [0, 0.05) is 24.3 Å². The van der Waals surface area contributed by atoms with Gasteiger partial charge in [-0.2, -0.15) is 0 Å². The molecule has 2 aromatic rings. The molecule has 0 unspecified atom stereocenters. The molecule has 0 bridgehead atoms. The summed E-state index contributed by atoms with van der Waals surface area (Å²) in [6, 6.07) is 0. The molecule has 3 rings (SSSR count). The minimum atomic E-state index is -0.363. The van der Waals surface area contributed by atoms with Crippen molar-refractivity contribution >= 4 is 33.4 Å². The van der Waals surface area contributed by atoms with Crippen LogP contribution in [0.3, 0.4) is 0 Å². The minimum absolute atomic E-state index is 0.106. The van der Waals surface area contributed by atoms with Gasteiger partial charge in [-0.05, 0) is 31.2 Å². The van der Waals surface area contributed by atoms with Crippen LogP contribution in [0.2, 0.25) is 0 Å². The molecule has 7 nitrogen and oxygen atoms in total. The van der Waals surface area contributed by atoms with Gasteiger partial charge in [-0.3, -0.25) is 14.4 Å². The number of nitrogens with zero attached hydrogens (tertiary/aromatic N) is 1. The van der Waals surface area contributed by atoms with E-state index in [1.807, 2.05) is 0 Å². The average Bonchev–Trinajstić information content (AvgIpc) is 2.98. The average molecular weight is 363 g/mol. The van der Waals surface area contributed by atoms with Gasteiger partial charge in [0.25, 0.3) is 5.56 Å². The van der Waals surface area contributed by atoms with Gasteiger partial charge in [0.15, 0.2) is 0 Å². The molecular formula is C17H21N3O4S. The van der Waals surface area contributed by atoms with Crippen LogP contribution in [0.1, 0.15) is 41.9 Å². The van der Waals surface area contributed by atoms with E-state index in [1.165, 1.54) is 12.0 Å². The predicted molar refractivity (Wildman–Crippen MR) is 94.8 cm³/mol. The van der Waals surface area contributed by atoms with Gasteiger partial charge in [-0.1, -0.05) is 0 Å². The second kappa shape index (κ2) is 7.77. The number of aromatic nitrogens is 2. The summed E-state index contributed by atoms with van der Waals surface area (Å²) in [4.78, 5) is 44.6. The Morgan fingerprint density at radius 3 is 2.88 bits per heavy atom. The Morgan fingerprint density at radius 2 is 2.08 bits per heavy atom.